The predicted molar refractivity (Wildman–Crippen MR) is 130 cm³/mol. The zero-order valence-corrected chi connectivity index (χ0v) is 19.3. The van der Waals surface area contributed by atoms with Gasteiger partial charge in [-0.2, -0.15) is 0 Å². The quantitative estimate of drug-likeness (QED) is 0.486. The molecule has 1 heterocycles. The van der Waals surface area contributed by atoms with E-state index in [1.54, 1.807) is 21.6 Å². The molecular weight excluding hydrogens is 420 g/mol. The van der Waals surface area contributed by atoms with E-state index in [2.05, 4.69) is 0 Å². The van der Waals surface area contributed by atoms with Gasteiger partial charge < -0.3 is 9.64 Å². The van der Waals surface area contributed by atoms with Crippen molar-refractivity contribution in [1.29, 1.82) is 0 Å². The Kier molecular flexibility index (Phi) is 6.51. The number of nitrogens with zero attached hydrogens (tertiary/aromatic N) is 2. The molecule has 0 N–H and O–H groups in total. The minimum absolute atomic E-state index is 0.00546. The molecule has 1 fully saturated rings. The van der Waals surface area contributed by atoms with E-state index < -0.39 is 6.04 Å². The molecule has 0 radical (unpaired) electrons. The van der Waals surface area contributed by atoms with E-state index in [1.165, 1.54) is 0 Å². The first-order valence-corrected chi connectivity index (χ1v) is 11.8. The average Bonchev–Trinajstić information content (AvgIpc) is 2.82. The van der Waals surface area contributed by atoms with Gasteiger partial charge in [-0.15, -0.1) is 11.8 Å². The molecule has 1 saturated heterocycles. The highest BCUT2D eigenvalue weighted by molar-refractivity contribution is 7.98. The summed E-state index contributed by atoms with van der Waals surface area (Å²) in [6.45, 7) is 4.48. The Morgan fingerprint density at radius 3 is 2.12 bits per heavy atom. The van der Waals surface area contributed by atoms with E-state index in [1.807, 2.05) is 92.9 Å². The number of rotatable bonds is 6. The number of benzene rings is 3. The number of carbonyl (C=O) groups excluding carboxylic acids is 2. The predicted octanol–water partition coefficient (Wildman–Crippen LogP) is 5.24. The summed E-state index contributed by atoms with van der Waals surface area (Å²) in [5, 5.41) is 0. The first-order valence-electron chi connectivity index (χ1n) is 10.6. The van der Waals surface area contributed by atoms with E-state index in [0.29, 0.717) is 12.3 Å². The molecule has 0 bridgehead atoms. The second-order valence-corrected chi connectivity index (χ2v) is 8.51. The molecule has 0 saturated carbocycles. The highest BCUT2D eigenvalue weighted by atomic mass is 32.2. The van der Waals surface area contributed by atoms with Crippen molar-refractivity contribution in [2.75, 3.05) is 29.2 Å². The van der Waals surface area contributed by atoms with Crippen LogP contribution in [0.2, 0.25) is 0 Å². The Bertz CT molecular complexity index is 1100. The maximum atomic E-state index is 13.8. The van der Waals surface area contributed by atoms with Crippen LogP contribution in [0.4, 0.5) is 11.4 Å². The van der Waals surface area contributed by atoms with Gasteiger partial charge in [-0.3, -0.25) is 14.5 Å². The summed E-state index contributed by atoms with van der Waals surface area (Å²) in [5.74, 6) is 0.474. The second kappa shape index (κ2) is 9.49. The van der Waals surface area contributed by atoms with Crippen molar-refractivity contribution < 1.29 is 14.3 Å². The molecule has 164 valence electrons. The van der Waals surface area contributed by atoms with Crippen molar-refractivity contribution in [3.8, 4) is 5.75 Å². The highest BCUT2D eigenvalue weighted by Crippen LogP contribution is 2.35. The number of hydrogen-bond acceptors (Lipinski definition) is 4. The highest BCUT2D eigenvalue weighted by Gasteiger charge is 2.41. The van der Waals surface area contributed by atoms with E-state index in [-0.39, 0.29) is 18.4 Å². The molecule has 32 heavy (non-hydrogen) atoms. The third-order valence-electron chi connectivity index (χ3n) is 5.52. The molecular formula is C26H26N2O3S. The van der Waals surface area contributed by atoms with Crippen LogP contribution in [0.15, 0.2) is 77.7 Å². The molecule has 0 spiro atoms. The van der Waals surface area contributed by atoms with Crippen molar-refractivity contribution >= 4 is 35.0 Å². The van der Waals surface area contributed by atoms with E-state index in [4.69, 9.17) is 4.74 Å². The number of ether oxygens (including phenoxy) is 1. The van der Waals surface area contributed by atoms with Crippen LogP contribution in [0.25, 0.3) is 0 Å². The molecule has 1 aliphatic heterocycles. The maximum Gasteiger partial charge on any atom is 0.255 e. The Morgan fingerprint density at radius 1 is 0.906 bits per heavy atom. The van der Waals surface area contributed by atoms with Crippen LogP contribution in [-0.2, 0) is 9.59 Å². The zero-order valence-electron chi connectivity index (χ0n) is 18.4. The average molecular weight is 447 g/mol. The van der Waals surface area contributed by atoms with Crippen molar-refractivity contribution in [2.45, 2.75) is 24.8 Å². The van der Waals surface area contributed by atoms with Crippen LogP contribution in [0, 0.1) is 6.92 Å². The van der Waals surface area contributed by atoms with Gasteiger partial charge in [0.05, 0.1) is 6.61 Å². The molecule has 0 aliphatic carbocycles. The largest absolute Gasteiger partial charge is 0.494 e. The number of amides is 2. The minimum Gasteiger partial charge on any atom is -0.494 e. The van der Waals surface area contributed by atoms with Crippen molar-refractivity contribution in [1.82, 2.24) is 0 Å². The van der Waals surface area contributed by atoms with Gasteiger partial charge >= 0.3 is 0 Å². The standard InChI is InChI=1S/C26H26N2O3S/c1-4-31-22-13-11-21(12-14-22)28-24(29)17-27(20-9-5-18(2)6-10-20)26(30)25(28)19-7-15-23(32-3)16-8-19/h5-16,25H,4,17H2,1-3H3/t25-/m1/s1. The van der Waals surface area contributed by atoms with Gasteiger partial charge in [-0.05, 0) is 74.2 Å². The molecule has 3 aromatic rings. The fourth-order valence-corrected chi connectivity index (χ4v) is 4.28. The molecule has 5 nitrogen and oxygen atoms in total. The van der Waals surface area contributed by atoms with E-state index in [0.717, 1.165) is 27.5 Å². The number of hydrogen-bond donors (Lipinski definition) is 0. The second-order valence-electron chi connectivity index (χ2n) is 7.63. The molecule has 1 aliphatic rings. The van der Waals surface area contributed by atoms with Gasteiger partial charge in [0.1, 0.15) is 18.3 Å². The first kappa shape index (κ1) is 22.0. The maximum absolute atomic E-state index is 13.8. The van der Waals surface area contributed by atoms with Crippen LogP contribution < -0.4 is 14.5 Å². The molecule has 6 heteroatoms. The molecule has 4 rings (SSSR count). The summed E-state index contributed by atoms with van der Waals surface area (Å²) in [6, 6.07) is 22.1. The van der Waals surface area contributed by atoms with E-state index in [9.17, 15) is 9.59 Å². The van der Waals surface area contributed by atoms with Gasteiger partial charge in [0, 0.05) is 16.3 Å². The van der Waals surface area contributed by atoms with Crippen LogP contribution >= 0.6 is 11.8 Å². The number of piperazine rings is 1. The van der Waals surface area contributed by atoms with Gasteiger partial charge in [0.15, 0.2) is 0 Å². The number of thioether (sulfide) groups is 1. The number of anilines is 2. The molecule has 0 aromatic heterocycles. The lowest BCUT2D eigenvalue weighted by Gasteiger charge is -2.40. The van der Waals surface area contributed by atoms with Crippen molar-refractivity contribution in [3.63, 3.8) is 0 Å². The topological polar surface area (TPSA) is 49.9 Å². The third kappa shape index (κ3) is 4.36. The zero-order chi connectivity index (χ0) is 22.7. The SMILES string of the molecule is CCOc1ccc(N2C(=O)CN(c3ccc(C)cc3)C(=O)[C@H]2c2ccc(SC)cc2)cc1. The molecule has 2 amide bonds. The van der Waals surface area contributed by atoms with E-state index >= 15 is 0 Å². The van der Waals surface area contributed by atoms with Crippen LogP contribution in [0.5, 0.6) is 5.75 Å². The lowest BCUT2D eigenvalue weighted by Crippen LogP contribution is -2.56. The van der Waals surface area contributed by atoms with Crippen molar-refractivity contribution in [2.24, 2.45) is 0 Å². The van der Waals surface area contributed by atoms with Gasteiger partial charge in [-0.1, -0.05) is 29.8 Å². The molecule has 0 unspecified atom stereocenters. The summed E-state index contributed by atoms with van der Waals surface area (Å²) in [6.07, 6.45) is 2.01. The molecule has 3 aromatic carbocycles. The Hall–Kier alpha value is -3.25. The number of carbonyl (C=O) groups is 2. The summed E-state index contributed by atoms with van der Waals surface area (Å²) in [5.41, 5.74) is 3.29. The molecule has 1 atom stereocenters. The van der Waals surface area contributed by atoms with Gasteiger partial charge in [0.25, 0.3) is 5.91 Å². The first-order chi connectivity index (χ1) is 15.5. The normalized spacial score (nSPS) is 16.4. The number of aryl methyl sites for hydroxylation is 1. The third-order valence-corrected chi connectivity index (χ3v) is 6.27. The van der Waals surface area contributed by atoms with Gasteiger partial charge in [0.2, 0.25) is 5.91 Å². The summed E-state index contributed by atoms with van der Waals surface area (Å²) >= 11 is 1.64. The smallest absolute Gasteiger partial charge is 0.255 e. The monoisotopic (exact) mass is 446 g/mol. The minimum atomic E-state index is -0.744. The lowest BCUT2D eigenvalue weighted by atomic mass is 9.99. The van der Waals surface area contributed by atoms with Gasteiger partial charge in [-0.25, -0.2) is 0 Å². The van der Waals surface area contributed by atoms with Crippen LogP contribution in [-0.4, -0.2) is 31.2 Å². The Labute approximate surface area is 193 Å². The summed E-state index contributed by atoms with van der Waals surface area (Å²) in [4.78, 5) is 31.5. The Morgan fingerprint density at radius 2 is 1.53 bits per heavy atom. The van der Waals surface area contributed by atoms with Crippen molar-refractivity contribution in [3.05, 3.63) is 83.9 Å². The van der Waals surface area contributed by atoms with Crippen LogP contribution in [0.1, 0.15) is 24.1 Å². The summed E-state index contributed by atoms with van der Waals surface area (Å²) < 4.78 is 5.54. The fraction of sp³-hybridized carbons (Fsp3) is 0.231. The van der Waals surface area contributed by atoms with Crippen LogP contribution in [0.3, 0.4) is 0 Å². The Balaban J connectivity index is 1.76. The summed E-state index contributed by atoms with van der Waals surface area (Å²) in [7, 11) is 0. The fourth-order valence-electron chi connectivity index (χ4n) is 3.88. The lowest BCUT2D eigenvalue weighted by molar-refractivity contribution is -0.128.